The van der Waals surface area contributed by atoms with Crippen LogP contribution >= 0.6 is 0 Å². The first-order chi connectivity index (χ1) is 9.83. The van der Waals surface area contributed by atoms with Gasteiger partial charge >= 0.3 is 0 Å². The third-order valence-electron chi connectivity index (χ3n) is 3.62. The highest BCUT2D eigenvalue weighted by Gasteiger charge is 2.16. The van der Waals surface area contributed by atoms with Gasteiger partial charge in [-0.1, -0.05) is 31.0 Å². The van der Waals surface area contributed by atoms with Gasteiger partial charge in [0, 0.05) is 25.1 Å². The number of benzene rings is 1. The quantitative estimate of drug-likeness (QED) is 0.673. The van der Waals surface area contributed by atoms with Gasteiger partial charge in [0.05, 0.1) is 27.7 Å². The molecule has 0 spiro atoms. The van der Waals surface area contributed by atoms with E-state index >= 15 is 0 Å². The van der Waals surface area contributed by atoms with Crippen molar-refractivity contribution in [1.82, 2.24) is 4.90 Å². The van der Waals surface area contributed by atoms with Crippen LogP contribution in [0.1, 0.15) is 42.1 Å². The zero-order chi connectivity index (χ0) is 15.9. The Morgan fingerprint density at radius 2 is 1.62 bits per heavy atom. The fraction of sp³-hybridized carbons (Fsp3) is 0.611. The van der Waals surface area contributed by atoms with E-state index in [-0.39, 0.29) is 5.91 Å². The number of hydrogen-bond acceptors (Lipinski definition) is 1. The average Bonchev–Trinajstić information content (AvgIpc) is 2.41. The Labute approximate surface area is 130 Å². The Bertz CT molecular complexity index is 432. The Morgan fingerprint density at radius 1 is 1.05 bits per heavy atom. The zero-order valence-corrected chi connectivity index (χ0v) is 14.4. The number of amides is 1. The summed E-state index contributed by atoms with van der Waals surface area (Å²) in [4.78, 5) is 14.7. The van der Waals surface area contributed by atoms with Crippen LogP contribution in [0.3, 0.4) is 0 Å². The van der Waals surface area contributed by atoms with Gasteiger partial charge in [-0.15, -0.1) is 0 Å². The molecule has 0 saturated heterocycles. The molecule has 21 heavy (non-hydrogen) atoms. The lowest BCUT2D eigenvalue weighted by molar-refractivity contribution is -0.870. The summed E-state index contributed by atoms with van der Waals surface area (Å²) >= 11 is 0. The van der Waals surface area contributed by atoms with Crippen LogP contribution in [-0.2, 0) is 0 Å². The van der Waals surface area contributed by atoms with Gasteiger partial charge in [-0.25, -0.2) is 0 Å². The van der Waals surface area contributed by atoms with Crippen molar-refractivity contribution >= 4 is 5.91 Å². The third-order valence-corrected chi connectivity index (χ3v) is 3.62. The molecule has 3 nitrogen and oxygen atoms in total. The minimum atomic E-state index is 0.171. The van der Waals surface area contributed by atoms with E-state index in [4.69, 9.17) is 0 Å². The molecule has 0 radical (unpaired) electrons. The van der Waals surface area contributed by atoms with Crippen LogP contribution in [0.25, 0.3) is 0 Å². The van der Waals surface area contributed by atoms with Crippen molar-refractivity contribution in [2.75, 3.05) is 40.8 Å². The van der Waals surface area contributed by atoms with Crippen LogP contribution < -0.4 is 0 Å². The summed E-state index contributed by atoms with van der Waals surface area (Å²) in [5, 5.41) is 0. The molecule has 0 heterocycles. The third kappa shape index (κ3) is 6.76. The lowest BCUT2D eigenvalue weighted by Crippen LogP contribution is -2.39. The van der Waals surface area contributed by atoms with Crippen molar-refractivity contribution in [3.8, 4) is 0 Å². The van der Waals surface area contributed by atoms with Crippen molar-refractivity contribution < 1.29 is 9.28 Å². The molecule has 0 N–H and O–H groups in total. The molecule has 0 aliphatic carbocycles. The van der Waals surface area contributed by atoms with Crippen LogP contribution in [0.5, 0.6) is 0 Å². The predicted molar refractivity (Wildman–Crippen MR) is 89.5 cm³/mol. The molecule has 1 rings (SSSR count). The lowest BCUT2D eigenvalue weighted by Gasteiger charge is -2.27. The average molecular weight is 291 g/mol. The number of nitrogens with zero attached hydrogens (tertiary/aromatic N) is 2. The zero-order valence-electron chi connectivity index (χ0n) is 14.4. The number of rotatable bonds is 8. The molecule has 3 heteroatoms. The van der Waals surface area contributed by atoms with E-state index in [2.05, 4.69) is 28.1 Å². The first-order valence-electron chi connectivity index (χ1n) is 8.00. The lowest BCUT2D eigenvalue weighted by atomic mass is 10.1. The van der Waals surface area contributed by atoms with Crippen LogP contribution in [0.2, 0.25) is 0 Å². The predicted octanol–water partition coefficient (Wildman–Crippen LogP) is 3.33. The largest absolute Gasteiger partial charge is 0.338 e. The second kappa shape index (κ2) is 8.18. The van der Waals surface area contributed by atoms with Crippen molar-refractivity contribution in [1.29, 1.82) is 0 Å². The van der Waals surface area contributed by atoms with Crippen molar-refractivity contribution in [2.45, 2.75) is 33.1 Å². The Balaban J connectivity index is 2.67. The SMILES string of the molecule is CCCCN(CCC[N+](C)(C)C)C(=O)c1ccc(C)cc1. The molecule has 0 aliphatic heterocycles. The molecular weight excluding hydrogens is 260 g/mol. The van der Waals surface area contributed by atoms with Gasteiger partial charge in [0.25, 0.3) is 5.91 Å². The van der Waals surface area contributed by atoms with Crippen molar-refractivity contribution in [3.63, 3.8) is 0 Å². The minimum Gasteiger partial charge on any atom is -0.338 e. The fourth-order valence-corrected chi connectivity index (χ4v) is 2.28. The number of carbonyl (C=O) groups excluding carboxylic acids is 1. The van der Waals surface area contributed by atoms with E-state index in [0.717, 1.165) is 48.9 Å². The van der Waals surface area contributed by atoms with Gasteiger partial charge in [-0.3, -0.25) is 4.79 Å². The monoisotopic (exact) mass is 291 g/mol. The second-order valence-corrected chi connectivity index (χ2v) is 6.88. The molecular formula is C18H31N2O+. The van der Waals surface area contributed by atoms with Crippen molar-refractivity contribution in [2.24, 2.45) is 0 Å². The van der Waals surface area contributed by atoms with Crippen LogP contribution in [-0.4, -0.2) is 56.1 Å². The molecule has 0 atom stereocenters. The van der Waals surface area contributed by atoms with Gasteiger partial charge in [0.15, 0.2) is 0 Å². The maximum Gasteiger partial charge on any atom is 0.253 e. The topological polar surface area (TPSA) is 20.3 Å². The molecule has 0 bridgehead atoms. The van der Waals surface area contributed by atoms with E-state index in [0.29, 0.717) is 0 Å². The number of hydrogen-bond donors (Lipinski definition) is 0. The molecule has 0 aromatic heterocycles. The summed E-state index contributed by atoms with van der Waals surface area (Å²) < 4.78 is 0.945. The Morgan fingerprint density at radius 3 is 2.14 bits per heavy atom. The summed E-state index contributed by atoms with van der Waals surface area (Å²) in [5.41, 5.74) is 2.00. The van der Waals surface area contributed by atoms with Gasteiger partial charge in [-0.05, 0) is 25.5 Å². The van der Waals surface area contributed by atoms with E-state index in [1.807, 2.05) is 36.1 Å². The summed E-state index contributed by atoms with van der Waals surface area (Å²) in [5.74, 6) is 0.171. The van der Waals surface area contributed by atoms with E-state index in [1.54, 1.807) is 0 Å². The summed E-state index contributed by atoms with van der Waals surface area (Å²) in [6.07, 6.45) is 3.24. The van der Waals surface area contributed by atoms with Gasteiger partial charge in [0.1, 0.15) is 0 Å². The Kier molecular flexibility index (Phi) is 6.90. The molecule has 1 aromatic rings. The smallest absolute Gasteiger partial charge is 0.253 e. The molecule has 0 fully saturated rings. The number of aryl methyl sites for hydroxylation is 1. The van der Waals surface area contributed by atoms with Gasteiger partial charge in [0.2, 0.25) is 0 Å². The van der Waals surface area contributed by atoms with Gasteiger partial charge < -0.3 is 9.38 Å². The molecule has 1 amide bonds. The highest BCUT2D eigenvalue weighted by Crippen LogP contribution is 2.09. The first-order valence-corrected chi connectivity index (χ1v) is 8.00. The molecule has 0 aliphatic rings. The summed E-state index contributed by atoms with van der Waals surface area (Å²) in [6, 6.07) is 7.90. The molecule has 0 unspecified atom stereocenters. The fourth-order valence-electron chi connectivity index (χ4n) is 2.28. The van der Waals surface area contributed by atoms with E-state index in [9.17, 15) is 4.79 Å². The van der Waals surface area contributed by atoms with Crippen LogP contribution in [0, 0.1) is 6.92 Å². The van der Waals surface area contributed by atoms with Crippen LogP contribution in [0.15, 0.2) is 24.3 Å². The maximum absolute atomic E-state index is 12.6. The normalized spacial score (nSPS) is 11.5. The standard InChI is InChI=1S/C18H31N2O/c1-6-7-13-19(14-8-15-20(3,4)5)18(21)17-11-9-16(2)10-12-17/h9-12H,6-8,13-15H2,1-5H3/q+1. The first kappa shape index (κ1) is 17.7. The van der Waals surface area contributed by atoms with E-state index < -0.39 is 0 Å². The van der Waals surface area contributed by atoms with E-state index in [1.165, 1.54) is 5.56 Å². The summed E-state index contributed by atoms with van der Waals surface area (Å²) in [7, 11) is 6.58. The number of carbonyl (C=O) groups is 1. The van der Waals surface area contributed by atoms with Gasteiger partial charge in [-0.2, -0.15) is 0 Å². The van der Waals surface area contributed by atoms with Crippen LogP contribution in [0.4, 0.5) is 0 Å². The van der Waals surface area contributed by atoms with Crippen molar-refractivity contribution in [3.05, 3.63) is 35.4 Å². The number of unbranched alkanes of at least 4 members (excludes halogenated alkanes) is 1. The second-order valence-electron chi connectivity index (χ2n) is 6.88. The maximum atomic E-state index is 12.6. The molecule has 0 saturated carbocycles. The molecule has 1 aromatic carbocycles. The Hall–Kier alpha value is -1.35. The highest BCUT2D eigenvalue weighted by atomic mass is 16.2. The highest BCUT2D eigenvalue weighted by molar-refractivity contribution is 5.94. The molecule has 118 valence electrons. The summed E-state index contributed by atoms with van der Waals surface area (Å²) in [6.45, 7) is 7.01. The minimum absolute atomic E-state index is 0.171. The number of quaternary nitrogens is 1.